The summed E-state index contributed by atoms with van der Waals surface area (Å²) in [6.45, 7) is 5.99. The van der Waals surface area contributed by atoms with Gasteiger partial charge < -0.3 is 15.1 Å². The molecule has 2 aromatic rings. The van der Waals surface area contributed by atoms with Crippen molar-refractivity contribution in [2.45, 2.75) is 44.6 Å². The zero-order valence-corrected chi connectivity index (χ0v) is 20.4. The number of amides is 1. The van der Waals surface area contributed by atoms with Crippen LogP contribution in [0.15, 0.2) is 42.5 Å². The van der Waals surface area contributed by atoms with Crippen molar-refractivity contribution in [3.8, 4) is 0 Å². The van der Waals surface area contributed by atoms with Crippen LogP contribution in [0.5, 0.6) is 0 Å². The Kier molecular flexibility index (Phi) is 7.07. The second kappa shape index (κ2) is 10.4. The van der Waals surface area contributed by atoms with Crippen LogP contribution < -0.4 is 15.1 Å². The van der Waals surface area contributed by atoms with Gasteiger partial charge in [-0.15, -0.1) is 0 Å². The number of Topliss-reactive ketones (excluding diaryl/α,β-unsaturated/α-hetero) is 1. The summed E-state index contributed by atoms with van der Waals surface area (Å²) >= 11 is 6.13. The fourth-order valence-corrected chi connectivity index (χ4v) is 5.62. The van der Waals surface area contributed by atoms with Crippen LogP contribution in [-0.2, 0) is 4.79 Å². The lowest BCUT2D eigenvalue weighted by molar-refractivity contribution is -0.118. The average molecular weight is 481 g/mol. The van der Waals surface area contributed by atoms with Gasteiger partial charge in [0.25, 0.3) is 0 Å². The fraction of sp³-hybridized carbons (Fsp3) is 0.481. The maximum absolute atomic E-state index is 12.8. The number of hydrogen-bond acceptors (Lipinski definition) is 5. The average Bonchev–Trinajstić information content (AvgIpc) is 2.87. The number of carbonyl (C=O) groups excluding carboxylic acids is 2. The Hall–Kier alpha value is -2.57. The van der Waals surface area contributed by atoms with Crippen LogP contribution in [0.4, 0.5) is 17.1 Å². The highest BCUT2D eigenvalue weighted by Crippen LogP contribution is 2.36. The SMILES string of the molecule is O=C(CCCCN1CCN(c2cccc(Cl)c2)CC1)c1ccc2c(c1)NC(=O)C1CCCCN21. The summed E-state index contributed by atoms with van der Waals surface area (Å²) in [6, 6.07) is 13.8. The smallest absolute Gasteiger partial charge is 0.247 e. The molecule has 34 heavy (non-hydrogen) atoms. The summed E-state index contributed by atoms with van der Waals surface area (Å²) < 4.78 is 0. The van der Waals surface area contributed by atoms with E-state index in [4.69, 9.17) is 11.6 Å². The van der Waals surface area contributed by atoms with Gasteiger partial charge in [0, 0.05) is 55.4 Å². The molecule has 2 fully saturated rings. The number of unbranched alkanes of at least 4 members (excludes halogenated alkanes) is 1. The van der Waals surface area contributed by atoms with E-state index in [9.17, 15) is 9.59 Å². The number of hydrogen-bond donors (Lipinski definition) is 1. The van der Waals surface area contributed by atoms with Gasteiger partial charge in [0.15, 0.2) is 5.78 Å². The van der Waals surface area contributed by atoms with Crippen LogP contribution in [0.2, 0.25) is 5.02 Å². The number of ketones is 1. The minimum absolute atomic E-state index is 0.0600. The van der Waals surface area contributed by atoms with Gasteiger partial charge in [-0.25, -0.2) is 0 Å². The zero-order chi connectivity index (χ0) is 23.5. The van der Waals surface area contributed by atoms with E-state index >= 15 is 0 Å². The summed E-state index contributed by atoms with van der Waals surface area (Å²) in [6.07, 6.45) is 5.55. The Bertz CT molecular complexity index is 1050. The van der Waals surface area contributed by atoms with E-state index in [1.807, 2.05) is 36.4 Å². The Morgan fingerprint density at radius 1 is 1.00 bits per heavy atom. The molecule has 0 aliphatic carbocycles. The van der Waals surface area contributed by atoms with E-state index in [2.05, 4.69) is 26.1 Å². The van der Waals surface area contributed by atoms with Crippen LogP contribution in [0.3, 0.4) is 0 Å². The zero-order valence-electron chi connectivity index (χ0n) is 19.6. The lowest BCUT2D eigenvalue weighted by atomic mass is 9.96. The largest absolute Gasteiger partial charge is 0.369 e. The first-order valence-corrected chi connectivity index (χ1v) is 12.9. The Balaban J connectivity index is 1.07. The summed E-state index contributed by atoms with van der Waals surface area (Å²) in [5, 5.41) is 3.81. The van der Waals surface area contributed by atoms with Crippen LogP contribution in [0, 0.1) is 0 Å². The number of carbonyl (C=O) groups is 2. The molecule has 1 atom stereocenters. The second-order valence-electron chi connectivity index (χ2n) is 9.61. The third kappa shape index (κ3) is 5.08. The summed E-state index contributed by atoms with van der Waals surface area (Å²) in [5.74, 6) is 0.218. The summed E-state index contributed by atoms with van der Waals surface area (Å²) in [7, 11) is 0. The van der Waals surface area contributed by atoms with E-state index in [0.717, 1.165) is 87.8 Å². The molecule has 2 saturated heterocycles. The molecule has 1 N–H and O–H groups in total. The molecule has 1 amide bonds. The lowest BCUT2D eigenvalue weighted by Crippen LogP contribution is -2.50. The van der Waals surface area contributed by atoms with Gasteiger partial charge in [-0.05, 0) is 75.0 Å². The molecule has 7 heteroatoms. The highest BCUT2D eigenvalue weighted by atomic mass is 35.5. The third-order valence-corrected chi connectivity index (χ3v) is 7.60. The Labute approximate surface area is 206 Å². The number of rotatable bonds is 7. The van der Waals surface area contributed by atoms with E-state index < -0.39 is 0 Å². The van der Waals surface area contributed by atoms with Crippen LogP contribution in [0.25, 0.3) is 0 Å². The standard InChI is InChI=1S/C27H33ClN4O2/c28-21-6-5-7-22(19-21)31-16-14-30(15-17-31)12-3-2-9-26(33)20-10-11-24-23(18-20)29-27(34)25-8-1-4-13-32(24)25/h5-7,10-11,18-19,25H,1-4,8-9,12-17H2,(H,29,34). The van der Waals surface area contributed by atoms with Crippen molar-refractivity contribution < 1.29 is 9.59 Å². The minimum atomic E-state index is -0.0600. The molecular formula is C27H33ClN4O2. The van der Waals surface area contributed by atoms with E-state index in [0.29, 0.717) is 12.0 Å². The molecule has 3 heterocycles. The third-order valence-electron chi connectivity index (χ3n) is 7.37. The Morgan fingerprint density at radius 3 is 2.68 bits per heavy atom. The van der Waals surface area contributed by atoms with Gasteiger partial charge in [0.05, 0.1) is 11.4 Å². The van der Waals surface area contributed by atoms with Crippen molar-refractivity contribution in [2.24, 2.45) is 0 Å². The normalized spacial score (nSPS) is 20.5. The molecule has 0 spiro atoms. The van der Waals surface area contributed by atoms with Crippen molar-refractivity contribution >= 4 is 40.4 Å². The van der Waals surface area contributed by atoms with Crippen molar-refractivity contribution in [2.75, 3.05) is 54.4 Å². The van der Waals surface area contributed by atoms with Crippen LogP contribution >= 0.6 is 11.6 Å². The first-order valence-electron chi connectivity index (χ1n) is 12.6. The molecule has 3 aliphatic heterocycles. The van der Waals surface area contributed by atoms with Crippen molar-refractivity contribution in [1.29, 1.82) is 0 Å². The van der Waals surface area contributed by atoms with E-state index in [-0.39, 0.29) is 17.7 Å². The highest BCUT2D eigenvalue weighted by Gasteiger charge is 2.34. The summed E-state index contributed by atoms with van der Waals surface area (Å²) in [4.78, 5) is 32.4. The van der Waals surface area contributed by atoms with E-state index in [1.165, 1.54) is 5.69 Å². The first-order chi connectivity index (χ1) is 16.6. The van der Waals surface area contributed by atoms with E-state index in [1.54, 1.807) is 0 Å². The number of piperazine rings is 1. The van der Waals surface area contributed by atoms with Gasteiger partial charge in [-0.3, -0.25) is 14.5 Å². The second-order valence-corrected chi connectivity index (χ2v) is 10.1. The van der Waals surface area contributed by atoms with Gasteiger partial charge in [-0.2, -0.15) is 0 Å². The number of nitrogens with one attached hydrogen (secondary N) is 1. The number of fused-ring (bicyclic) bond motifs is 3. The predicted octanol–water partition coefficient (Wildman–Crippen LogP) is 4.83. The molecule has 2 aromatic carbocycles. The molecule has 0 saturated carbocycles. The first kappa shape index (κ1) is 23.2. The number of piperidine rings is 1. The molecule has 3 aliphatic rings. The molecule has 0 aromatic heterocycles. The number of anilines is 3. The maximum Gasteiger partial charge on any atom is 0.247 e. The van der Waals surface area contributed by atoms with Crippen molar-refractivity contribution in [1.82, 2.24) is 4.90 Å². The molecule has 180 valence electrons. The summed E-state index contributed by atoms with van der Waals surface area (Å²) in [5.41, 5.74) is 3.73. The molecule has 5 rings (SSSR count). The Morgan fingerprint density at radius 2 is 1.85 bits per heavy atom. The lowest BCUT2D eigenvalue weighted by Gasteiger charge is -2.41. The predicted molar refractivity (Wildman–Crippen MR) is 138 cm³/mol. The van der Waals surface area contributed by atoms with Gasteiger partial charge >= 0.3 is 0 Å². The topological polar surface area (TPSA) is 55.9 Å². The van der Waals surface area contributed by atoms with Gasteiger partial charge in [-0.1, -0.05) is 17.7 Å². The minimum Gasteiger partial charge on any atom is -0.369 e. The number of halogens is 1. The number of nitrogens with zero attached hydrogens (tertiary/aromatic N) is 3. The molecule has 0 bridgehead atoms. The van der Waals surface area contributed by atoms with Crippen LogP contribution in [-0.4, -0.2) is 61.9 Å². The van der Waals surface area contributed by atoms with Crippen LogP contribution in [0.1, 0.15) is 48.9 Å². The quantitative estimate of drug-likeness (QED) is 0.454. The van der Waals surface area contributed by atoms with Crippen molar-refractivity contribution in [3.05, 3.63) is 53.1 Å². The fourth-order valence-electron chi connectivity index (χ4n) is 5.44. The maximum atomic E-state index is 12.8. The molecule has 0 radical (unpaired) electrons. The number of benzene rings is 2. The highest BCUT2D eigenvalue weighted by molar-refractivity contribution is 6.30. The molecule has 1 unspecified atom stereocenters. The molecule has 6 nitrogen and oxygen atoms in total. The molecular weight excluding hydrogens is 448 g/mol. The van der Waals surface area contributed by atoms with Crippen molar-refractivity contribution in [3.63, 3.8) is 0 Å². The monoisotopic (exact) mass is 480 g/mol. The van der Waals surface area contributed by atoms with Gasteiger partial charge in [0.2, 0.25) is 5.91 Å². The van der Waals surface area contributed by atoms with Gasteiger partial charge in [0.1, 0.15) is 6.04 Å².